The maximum atomic E-state index is 13.0. The Morgan fingerprint density at radius 2 is 1.58 bits per heavy atom. The molecule has 4 nitrogen and oxygen atoms in total. The zero-order valence-corrected chi connectivity index (χ0v) is 18.4. The lowest BCUT2D eigenvalue weighted by Gasteiger charge is -2.10. The Hall–Kier alpha value is -3.66. The van der Waals surface area contributed by atoms with Gasteiger partial charge in [0, 0.05) is 11.3 Å². The summed E-state index contributed by atoms with van der Waals surface area (Å²) in [5.74, 6) is 0.227. The third-order valence-corrected chi connectivity index (χ3v) is 5.47. The second kappa shape index (κ2) is 8.60. The lowest BCUT2D eigenvalue weighted by atomic mass is 10.0. The minimum absolute atomic E-state index is 0.224. The first-order chi connectivity index (χ1) is 14.9. The first-order valence-electron chi connectivity index (χ1n) is 10.6. The molecule has 0 radical (unpaired) electrons. The summed E-state index contributed by atoms with van der Waals surface area (Å²) >= 11 is 0. The number of aryl methyl sites for hydroxylation is 2. The number of anilines is 1. The van der Waals surface area contributed by atoms with E-state index >= 15 is 0 Å². The van der Waals surface area contributed by atoms with Crippen molar-refractivity contribution >= 4 is 11.6 Å². The molecule has 0 atom stereocenters. The van der Waals surface area contributed by atoms with Gasteiger partial charge in [0.1, 0.15) is 0 Å². The van der Waals surface area contributed by atoms with Gasteiger partial charge in [-0.25, -0.2) is 4.68 Å². The smallest absolute Gasteiger partial charge is 0.276 e. The molecule has 1 aromatic heterocycles. The fourth-order valence-electron chi connectivity index (χ4n) is 3.55. The van der Waals surface area contributed by atoms with Gasteiger partial charge in [-0.3, -0.25) is 4.79 Å². The summed E-state index contributed by atoms with van der Waals surface area (Å²) in [6.45, 7) is 8.41. The van der Waals surface area contributed by atoms with Crippen LogP contribution in [0.3, 0.4) is 0 Å². The fraction of sp³-hybridized carbons (Fsp3) is 0.185. The lowest BCUT2D eigenvalue weighted by Crippen LogP contribution is -2.13. The molecule has 0 saturated heterocycles. The number of para-hydroxylation sites is 1. The van der Waals surface area contributed by atoms with Crippen LogP contribution in [0.2, 0.25) is 0 Å². The van der Waals surface area contributed by atoms with Gasteiger partial charge in [-0.2, -0.15) is 5.10 Å². The SMILES string of the molecule is Cc1ccc(-c2cc(C(=O)Nc3ccc(C(C)C)cc3)nn2-c2ccccc2C)cc1. The van der Waals surface area contributed by atoms with E-state index in [0.29, 0.717) is 11.6 Å². The summed E-state index contributed by atoms with van der Waals surface area (Å²) in [5.41, 5.74) is 7.52. The predicted molar refractivity (Wildman–Crippen MR) is 127 cm³/mol. The largest absolute Gasteiger partial charge is 0.321 e. The monoisotopic (exact) mass is 409 g/mol. The number of benzene rings is 3. The van der Waals surface area contributed by atoms with E-state index in [0.717, 1.165) is 28.2 Å². The molecule has 0 aliphatic heterocycles. The van der Waals surface area contributed by atoms with Gasteiger partial charge in [0.2, 0.25) is 0 Å². The van der Waals surface area contributed by atoms with Crippen molar-refractivity contribution in [3.8, 4) is 16.9 Å². The quantitative estimate of drug-likeness (QED) is 0.407. The summed E-state index contributed by atoms with van der Waals surface area (Å²) in [7, 11) is 0. The van der Waals surface area contributed by atoms with Crippen molar-refractivity contribution in [2.45, 2.75) is 33.6 Å². The van der Waals surface area contributed by atoms with E-state index in [2.05, 4.69) is 55.5 Å². The first kappa shape index (κ1) is 20.6. The highest BCUT2D eigenvalue weighted by Gasteiger charge is 2.18. The van der Waals surface area contributed by atoms with Crippen molar-refractivity contribution in [1.82, 2.24) is 9.78 Å². The molecule has 4 aromatic rings. The van der Waals surface area contributed by atoms with Crippen LogP contribution in [0.15, 0.2) is 78.9 Å². The Morgan fingerprint density at radius 1 is 0.903 bits per heavy atom. The van der Waals surface area contributed by atoms with E-state index in [4.69, 9.17) is 0 Å². The molecule has 0 saturated carbocycles. The van der Waals surface area contributed by atoms with Crippen LogP contribution in [-0.4, -0.2) is 15.7 Å². The highest BCUT2D eigenvalue weighted by molar-refractivity contribution is 6.03. The van der Waals surface area contributed by atoms with Crippen LogP contribution in [0.4, 0.5) is 5.69 Å². The van der Waals surface area contributed by atoms with Crippen molar-refractivity contribution in [1.29, 1.82) is 0 Å². The molecule has 1 amide bonds. The number of rotatable bonds is 5. The van der Waals surface area contributed by atoms with E-state index in [-0.39, 0.29) is 5.91 Å². The molecule has 3 aromatic carbocycles. The van der Waals surface area contributed by atoms with Gasteiger partial charge in [-0.05, 0) is 55.2 Å². The van der Waals surface area contributed by atoms with E-state index in [1.54, 1.807) is 0 Å². The molecule has 4 rings (SSSR count). The van der Waals surface area contributed by atoms with Crippen molar-refractivity contribution in [3.63, 3.8) is 0 Å². The standard InChI is InChI=1S/C27H27N3O/c1-18(2)21-13-15-23(16-14-21)28-27(31)24-17-26(22-11-9-19(3)10-12-22)30(29-24)25-8-6-5-7-20(25)4/h5-18H,1-4H3,(H,28,31). The number of carbonyl (C=O) groups is 1. The van der Waals surface area contributed by atoms with Crippen LogP contribution in [0.25, 0.3) is 16.9 Å². The molecule has 0 spiro atoms. The number of nitrogens with zero attached hydrogens (tertiary/aromatic N) is 2. The Balaban J connectivity index is 1.71. The number of carbonyl (C=O) groups excluding carboxylic acids is 1. The molecule has 0 bridgehead atoms. The van der Waals surface area contributed by atoms with Crippen LogP contribution in [0.5, 0.6) is 0 Å². The highest BCUT2D eigenvalue weighted by Crippen LogP contribution is 2.26. The van der Waals surface area contributed by atoms with Gasteiger partial charge in [-0.15, -0.1) is 0 Å². The summed E-state index contributed by atoms with van der Waals surface area (Å²) in [6.07, 6.45) is 0. The number of hydrogen-bond donors (Lipinski definition) is 1. The normalized spacial score (nSPS) is 11.0. The summed E-state index contributed by atoms with van der Waals surface area (Å²) in [5, 5.41) is 7.66. The number of aromatic nitrogens is 2. The lowest BCUT2D eigenvalue weighted by molar-refractivity contribution is 0.102. The minimum Gasteiger partial charge on any atom is -0.321 e. The van der Waals surface area contributed by atoms with E-state index in [1.165, 1.54) is 11.1 Å². The molecule has 0 fully saturated rings. The van der Waals surface area contributed by atoms with Gasteiger partial charge in [0.25, 0.3) is 5.91 Å². The van der Waals surface area contributed by atoms with Crippen LogP contribution in [-0.2, 0) is 0 Å². The van der Waals surface area contributed by atoms with Gasteiger partial charge < -0.3 is 5.32 Å². The zero-order chi connectivity index (χ0) is 22.0. The van der Waals surface area contributed by atoms with Crippen LogP contribution < -0.4 is 5.32 Å². The average molecular weight is 410 g/mol. The minimum atomic E-state index is -0.224. The zero-order valence-electron chi connectivity index (χ0n) is 18.4. The Labute approximate surface area is 183 Å². The van der Waals surface area contributed by atoms with Crippen molar-refractivity contribution < 1.29 is 4.79 Å². The second-order valence-corrected chi connectivity index (χ2v) is 8.21. The Bertz CT molecular complexity index is 1200. The number of hydrogen-bond acceptors (Lipinski definition) is 2. The van der Waals surface area contributed by atoms with Gasteiger partial charge in [-0.1, -0.05) is 74.0 Å². The first-order valence-corrected chi connectivity index (χ1v) is 10.6. The summed E-state index contributed by atoms with van der Waals surface area (Å²) in [6, 6.07) is 26.1. The van der Waals surface area contributed by atoms with Crippen molar-refractivity contribution in [2.75, 3.05) is 5.32 Å². The molecule has 0 aliphatic carbocycles. The molecule has 0 aliphatic rings. The van der Waals surface area contributed by atoms with Crippen LogP contribution in [0, 0.1) is 13.8 Å². The summed E-state index contributed by atoms with van der Waals surface area (Å²) < 4.78 is 1.86. The predicted octanol–water partition coefficient (Wildman–Crippen LogP) is 6.53. The van der Waals surface area contributed by atoms with E-state index < -0.39 is 0 Å². The summed E-state index contributed by atoms with van der Waals surface area (Å²) in [4.78, 5) is 13.0. The molecular weight excluding hydrogens is 382 g/mol. The van der Waals surface area contributed by atoms with Gasteiger partial charge in [0.05, 0.1) is 11.4 Å². The number of amides is 1. The Morgan fingerprint density at radius 3 is 2.23 bits per heavy atom. The third-order valence-electron chi connectivity index (χ3n) is 5.47. The van der Waals surface area contributed by atoms with Gasteiger partial charge in [0.15, 0.2) is 5.69 Å². The maximum Gasteiger partial charge on any atom is 0.276 e. The second-order valence-electron chi connectivity index (χ2n) is 8.21. The van der Waals surface area contributed by atoms with Gasteiger partial charge >= 0.3 is 0 Å². The van der Waals surface area contributed by atoms with Crippen molar-refractivity contribution in [2.24, 2.45) is 0 Å². The number of nitrogens with one attached hydrogen (secondary N) is 1. The molecule has 1 N–H and O–H groups in total. The van der Waals surface area contributed by atoms with Crippen molar-refractivity contribution in [3.05, 3.63) is 101 Å². The molecule has 1 heterocycles. The fourth-order valence-corrected chi connectivity index (χ4v) is 3.55. The maximum absolute atomic E-state index is 13.0. The van der Waals surface area contributed by atoms with Crippen LogP contribution in [0.1, 0.15) is 46.9 Å². The van der Waals surface area contributed by atoms with Crippen LogP contribution >= 0.6 is 0 Å². The molecule has 0 unspecified atom stereocenters. The molecule has 4 heteroatoms. The third kappa shape index (κ3) is 4.43. The Kier molecular flexibility index (Phi) is 5.72. The molecular formula is C27H27N3O. The molecule has 31 heavy (non-hydrogen) atoms. The molecule has 156 valence electrons. The topological polar surface area (TPSA) is 46.9 Å². The van der Waals surface area contributed by atoms with E-state index in [9.17, 15) is 4.79 Å². The highest BCUT2D eigenvalue weighted by atomic mass is 16.1. The average Bonchev–Trinajstić information content (AvgIpc) is 3.20. The van der Waals surface area contributed by atoms with E-state index in [1.807, 2.05) is 66.2 Å².